The van der Waals surface area contributed by atoms with E-state index in [1.54, 1.807) is 0 Å². The van der Waals surface area contributed by atoms with Crippen LogP contribution in [0.5, 0.6) is 5.75 Å². The van der Waals surface area contributed by atoms with Crippen molar-refractivity contribution in [2.45, 2.75) is 46.3 Å². The number of carbonyl (C=O) groups excluding carboxylic acids is 1. The molecule has 0 saturated carbocycles. The van der Waals surface area contributed by atoms with Gasteiger partial charge in [-0.25, -0.2) is 4.79 Å². The lowest BCUT2D eigenvalue weighted by molar-refractivity contribution is 0.116. The molecule has 0 radical (unpaired) electrons. The molecule has 5 heteroatoms. The number of amides is 2. The van der Waals surface area contributed by atoms with Crippen molar-refractivity contribution in [3.8, 4) is 5.75 Å². The summed E-state index contributed by atoms with van der Waals surface area (Å²) >= 11 is 0. The second-order valence-electron chi connectivity index (χ2n) is 5.98. The molecule has 0 aliphatic heterocycles. The number of hydrogen-bond donors (Lipinski definition) is 3. The van der Waals surface area contributed by atoms with E-state index >= 15 is 0 Å². The van der Waals surface area contributed by atoms with Crippen molar-refractivity contribution in [1.29, 1.82) is 0 Å². The lowest BCUT2D eigenvalue weighted by Crippen LogP contribution is -2.41. The standard InChI is InChI=1S/C17H28N2O3/c1-12(2)16(20)8-9-18-17(21)19-11-14(4)22-15-7-5-6-13(3)10-15/h5-7,10,12,14,16,20H,8-9,11H2,1-4H3,(H2,18,19,21). The fourth-order valence-corrected chi connectivity index (χ4v) is 1.93. The highest BCUT2D eigenvalue weighted by Gasteiger charge is 2.10. The number of ether oxygens (including phenoxy) is 1. The zero-order chi connectivity index (χ0) is 16.5. The maximum Gasteiger partial charge on any atom is 0.314 e. The molecular weight excluding hydrogens is 280 g/mol. The van der Waals surface area contributed by atoms with Crippen molar-refractivity contribution in [3.63, 3.8) is 0 Å². The van der Waals surface area contributed by atoms with E-state index in [0.717, 1.165) is 11.3 Å². The molecular formula is C17H28N2O3. The van der Waals surface area contributed by atoms with Crippen LogP contribution in [0.2, 0.25) is 0 Å². The highest BCUT2D eigenvalue weighted by molar-refractivity contribution is 5.73. The third kappa shape index (κ3) is 7.31. The van der Waals surface area contributed by atoms with Gasteiger partial charge in [0.15, 0.2) is 0 Å². The molecule has 2 atom stereocenters. The molecule has 0 aliphatic rings. The number of aliphatic hydroxyl groups is 1. The normalized spacial score (nSPS) is 13.5. The van der Waals surface area contributed by atoms with E-state index in [1.165, 1.54) is 0 Å². The Balaban J connectivity index is 2.20. The first-order valence-electron chi connectivity index (χ1n) is 7.81. The molecule has 0 saturated heterocycles. The molecule has 0 heterocycles. The number of hydrogen-bond acceptors (Lipinski definition) is 3. The third-order valence-electron chi connectivity index (χ3n) is 3.37. The second-order valence-corrected chi connectivity index (χ2v) is 5.98. The van der Waals surface area contributed by atoms with Crippen molar-refractivity contribution in [3.05, 3.63) is 29.8 Å². The van der Waals surface area contributed by atoms with Crippen molar-refractivity contribution < 1.29 is 14.6 Å². The number of aliphatic hydroxyl groups excluding tert-OH is 1. The van der Waals surface area contributed by atoms with Crippen molar-refractivity contribution in [1.82, 2.24) is 10.6 Å². The van der Waals surface area contributed by atoms with E-state index in [1.807, 2.05) is 52.0 Å². The first kappa shape index (κ1) is 18.3. The highest BCUT2D eigenvalue weighted by Crippen LogP contribution is 2.13. The predicted molar refractivity (Wildman–Crippen MR) is 88.1 cm³/mol. The Bertz CT molecular complexity index is 463. The van der Waals surface area contributed by atoms with Crippen LogP contribution in [0.4, 0.5) is 4.79 Å². The smallest absolute Gasteiger partial charge is 0.314 e. The summed E-state index contributed by atoms with van der Waals surface area (Å²) in [4.78, 5) is 11.6. The van der Waals surface area contributed by atoms with Gasteiger partial charge < -0.3 is 20.5 Å². The van der Waals surface area contributed by atoms with Crippen molar-refractivity contribution in [2.75, 3.05) is 13.1 Å². The minimum absolute atomic E-state index is 0.117. The van der Waals surface area contributed by atoms with Crippen LogP contribution in [0.15, 0.2) is 24.3 Å². The summed E-state index contributed by atoms with van der Waals surface area (Å²) < 4.78 is 5.74. The maximum atomic E-state index is 11.6. The van der Waals surface area contributed by atoms with Crippen LogP contribution in [-0.4, -0.2) is 36.4 Å². The molecule has 1 aromatic carbocycles. The molecule has 0 spiro atoms. The van der Waals surface area contributed by atoms with E-state index in [2.05, 4.69) is 10.6 Å². The first-order chi connectivity index (χ1) is 10.4. The van der Waals surface area contributed by atoms with Crippen molar-refractivity contribution in [2.24, 2.45) is 5.92 Å². The number of rotatable bonds is 8. The van der Waals surface area contributed by atoms with Gasteiger partial charge in [-0.05, 0) is 43.9 Å². The molecule has 0 aliphatic carbocycles. The van der Waals surface area contributed by atoms with Gasteiger partial charge in [-0.1, -0.05) is 26.0 Å². The van der Waals surface area contributed by atoms with Gasteiger partial charge in [0.25, 0.3) is 0 Å². The van der Waals surface area contributed by atoms with Gasteiger partial charge in [0.05, 0.1) is 12.6 Å². The van der Waals surface area contributed by atoms with Gasteiger partial charge in [-0.15, -0.1) is 0 Å². The number of aryl methyl sites for hydroxylation is 1. The summed E-state index contributed by atoms with van der Waals surface area (Å²) in [5, 5.41) is 15.1. The Morgan fingerprint density at radius 1 is 1.27 bits per heavy atom. The number of benzene rings is 1. The molecule has 5 nitrogen and oxygen atoms in total. The van der Waals surface area contributed by atoms with Gasteiger partial charge in [-0.2, -0.15) is 0 Å². The van der Waals surface area contributed by atoms with E-state index in [0.29, 0.717) is 19.5 Å². The van der Waals surface area contributed by atoms with Gasteiger partial charge in [0, 0.05) is 6.54 Å². The fourth-order valence-electron chi connectivity index (χ4n) is 1.93. The van der Waals surface area contributed by atoms with E-state index in [4.69, 9.17) is 4.74 Å². The van der Waals surface area contributed by atoms with Crippen LogP contribution in [-0.2, 0) is 0 Å². The molecule has 3 N–H and O–H groups in total. The molecule has 2 amide bonds. The minimum atomic E-state index is -0.385. The summed E-state index contributed by atoms with van der Waals surface area (Å²) in [6, 6.07) is 7.57. The lowest BCUT2D eigenvalue weighted by Gasteiger charge is -2.17. The largest absolute Gasteiger partial charge is 0.489 e. The molecule has 1 rings (SSSR count). The third-order valence-corrected chi connectivity index (χ3v) is 3.37. The molecule has 1 aromatic rings. The molecule has 0 fully saturated rings. The molecule has 0 aromatic heterocycles. The quantitative estimate of drug-likeness (QED) is 0.691. The zero-order valence-corrected chi connectivity index (χ0v) is 13.9. The van der Waals surface area contributed by atoms with Crippen LogP contribution in [0.3, 0.4) is 0 Å². The summed E-state index contributed by atoms with van der Waals surface area (Å²) in [5.41, 5.74) is 1.14. The van der Waals surface area contributed by atoms with Crippen LogP contribution < -0.4 is 15.4 Å². The number of nitrogens with one attached hydrogen (secondary N) is 2. The number of urea groups is 1. The Hall–Kier alpha value is -1.75. The Kier molecular flexibility index (Phi) is 7.74. The van der Waals surface area contributed by atoms with Crippen LogP contribution in [0.25, 0.3) is 0 Å². The SMILES string of the molecule is Cc1cccc(OC(C)CNC(=O)NCCC(O)C(C)C)c1. The first-order valence-corrected chi connectivity index (χ1v) is 7.81. The van der Waals surface area contributed by atoms with Crippen LogP contribution >= 0.6 is 0 Å². The second kappa shape index (κ2) is 9.30. The van der Waals surface area contributed by atoms with Gasteiger partial charge >= 0.3 is 6.03 Å². The molecule has 2 unspecified atom stereocenters. The van der Waals surface area contributed by atoms with E-state index in [9.17, 15) is 9.90 Å². The van der Waals surface area contributed by atoms with Crippen LogP contribution in [0, 0.1) is 12.8 Å². The average molecular weight is 308 g/mol. The van der Waals surface area contributed by atoms with Crippen LogP contribution in [0.1, 0.15) is 32.8 Å². The molecule has 0 bridgehead atoms. The number of carbonyl (C=O) groups is 1. The monoisotopic (exact) mass is 308 g/mol. The molecule has 124 valence electrons. The molecule has 22 heavy (non-hydrogen) atoms. The van der Waals surface area contributed by atoms with Gasteiger partial charge in [0.2, 0.25) is 0 Å². The van der Waals surface area contributed by atoms with E-state index < -0.39 is 0 Å². The average Bonchev–Trinajstić information content (AvgIpc) is 2.45. The Morgan fingerprint density at radius 3 is 2.64 bits per heavy atom. The summed E-state index contributed by atoms with van der Waals surface area (Å²) in [6.45, 7) is 8.70. The highest BCUT2D eigenvalue weighted by atomic mass is 16.5. The topological polar surface area (TPSA) is 70.6 Å². The lowest BCUT2D eigenvalue weighted by atomic mass is 10.0. The zero-order valence-electron chi connectivity index (χ0n) is 13.9. The summed E-state index contributed by atoms with van der Waals surface area (Å²) in [6.07, 6.45) is 0.0538. The Labute approximate surface area is 133 Å². The Morgan fingerprint density at radius 2 is 2.00 bits per heavy atom. The van der Waals surface area contributed by atoms with Gasteiger partial charge in [0.1, 0.15) is 11.9 Å². The maximum absolute atomic E-state index is 11.6. The minimum Gasteiger partial charge on any atom is -0.489 e. The van der Waals surface area contributed by atoms with Crippen molar-refractivity contribution >= 4 is 6.03 Å². The van der Waals surface area contributed by atoms with Gasteiger partial charge in [-0.3, -0.25) is 0 Å². The van der Waals surface area contributed by atoms with E-state index in [-0.39, 0.29) is 24.2 Å². The fraction of sp³-hybridized carbons (Fsp3) is 0.588. The summed E-state index contributed by atoms with van der Waals surface area (Å²) in [7, 11) is 0. The predicted octanol–water partition coefficient (Wildman–Crippen LogP) is 2.47. The summed E-state index contributed by atoms with van der Waals surface area (Å²) in [5.74, 6) is 1.00.